The van der Waals surface area contributed by atoms with Crippen LogP contribution in [0.25, 0.3) is 0 Å². The molecule has 3 rings (SSSR count). The van der Waals surface area contributed by atoms with Gasteiger partial charge in [-0.3, -0.25) is 0 Å². The first-order valence-corrected chi connectivity index (χ1v) is 9.31. The molecule has 2 aromatic rings. The fourth-order valence-electron chi connectivity index (χ4n) is 3.28. The number of benzene rings is 1. The van der Waals surface area contributed by atoms with E-state index in [0.717, 1.165) is 12.2 Å². The zero-order valence-electron chi connectivity index (χ0n) is 16.4. The van der Waals surface area contributed by atoms with Crippen LogP contribution in [0.5, 0.6) is 11.6 Å². The highest BCUT2D eigenvalue weighted by atomic mass is 16.5. The number of pyridine rings is 1. The number of nitrogens with one attached hydrogen (secondary N) is 1. The minimum Gasteiger partial charge on any atom is -0.439 e. The van der Waals surface area contributed by atoms with Crippen molar-refractivity contribution < 1.29 is 14.3 Å². The van der Waals surface area contributed by atoms with Gasteiger partial charge >= 0.3 is 6.03 Å². The van der Waals surface area contributed by atoms with Gasteiger partial charge in [-0.1, -0.05) is 19.1 Å². The molecule has 6 nitrogen and oxygen atoms in total. The summed E-state index contributed by atoms with van der Waals surface area (Å²) in [7, 11) is 0. The number of nitrogens with zero attached hydrogens (tertiary/aromatic N) is 2. The Labute approximate surface area is 160 Å². The van der Waals surface area contributed by atoms with Crippen molar-refractivity contribution in [3.05, 3.63) is 48.2 Å². The number of rotatable bonds is 4. The maximum atomic E-state index is 12.5. The van der Waals surface area contributed by atoms with Crippen molar-refractivity contribution in [1.29, 1.82) is 0 Å². The van der Waals surface area contributed by atoms with E-state index >= 15 is 0 Å². The summed E-state index contributed by atoms with van der Waals surface area (Å²) in [5.41, 5.74) is 1.49. The second kappa shape index (κ2) is 7.96. The van der Waals surface area contributed by atoms with Crippen molar-refractivity contribution >= 4 is 11.7 Å². The first-order valence-electron chi connectivity index (χ1n) is 9.31. The standard InChI is InChI=1S/C21H27N3O3/c1-5-16-7-6-8-18(11-16)26-19-10-9-17(12-22-19)23-20(25)24-13-15(2)27-21(3,4)14-24/h6-12,15H,5,13-14H2,1-4H3,(H,23,25)/t15-/m1/s1. The highest BCUT2D eigenvalue weighted by Gasteiger charge is 2.33. The predicted molar refractivity (Wildman–Crippen MR) is 105 cm³/mol. The summed E-state index contributed by atoms with van der Waals surface area (Å²) in [6.45, 7) is 9.17. The molecule has 0 saturated carbocycles. The van der Waals surface area contributed by atoms with Crippen LogP contribution in [-0.4, -0.2) is 40.7 Å². The fraction of sp³-hybridized carbons (Fsp3) is 0.429. The Bertz CT molecular complexity index is 790. The van der Waals surface area contributed by atoms with Gasteiger partial charge in [0, 0.05) is 12.6 Å². The van der Waals surface area contributed by atoms with Crippen LogP contribution in [0.3, 0.4) is 0 Å². The van der Waals surface area contributed by atoms with E-state index in [2.05, 4.69) is 23.3 Å². The summed E-state index contributed by atoms with van der Waals surface area (Å²) in [5.74, 6) is 1.24. The first-order chi connectivity index (χ1) is 12.8. The molecule has 27 heavy (non-hydrogen) atoms. The number of anilines is 1. The molecule has 0 radical (unpaired) electrons. The SMILES string of the molecule is CCc1cccc(Oc2ccc(NC(=O)N3C[C@@H](C)OC(C)(C)C3)cn2)c1. The average Bonchev–Trinajstić information content (AvgIpc) is 2.62. The van der Waals surface area contributed by atoms with Gasteiger partial charge in [0.05, 0.1) is 30.1 Å². The largest absolute Gasteiger partial charge is 0.439 e. The van der Waals surface area contributed by atoms with Gasteiger partial charge in [0.25, 0.3) is 0 Å². The van der Waals surface area contributed by atoms with Crippen LogP contribution in [0.15, 0.2) is 42.6 Å². The van der Waals surface area contributed by atoms with E-state index < -0.39 is 0 Å². The minimum atomic E-state index is -0.349. The third-order valence-corrected chi connectivity index (χ3v) is 4.37. The molecule has 0 aliphatic carbocycles. The monoisotopic (exact) mass is 369 g/mol. The molecule has 2 heterocycles. The summed E-state index contributed by atoms with van der Waals surface area (Å²) in [6.07, 6.45) is 2.56. The molecule has 0 bridgehead atoms. The van der Waals surface area contributed by atoms with E-state index in [9.17, 15) is 4.79 Å². The normalized spacial score (nSPS) is 18.8. The van der Waals surface area contributed by atoms with Gasteiger partial charge < -0.3 is 19.7 Å². The van der Waals surface area contributed by atoms with Gasteiger partial charge in [0.1, 0.15) is 5.75 Å². The number of carbonyl (C=O) groups excluding carboxylic acids is 1. The maximum Gasteiger partial charge on any atom is 0.322 e. The van der Waals surface area contributed by atoms with Crippen molar-refractivity contribution in [3.8, 4) is 11.6 Å². The Morgan fingerprint density at radius 3 is 2.85 bits per heavy atom. The number of aryl methyl sites for hydroxylation is 1. The van der Waals surface area contributed by atoms with Crippen molar-refractivity contribution in [3.63, 3.8) is 0 Å². The molecule has 1 saturated heterocycles. The fourth-order valence-corrected chi connectivity index (χ4v) is 3.28. The van der Waals surface area contributed by atoms with Gasteiger partial charge in [-0.25, -0.2) is 9.78 Å². The Balaban J connectivity index is 1.61. The lowest BCUT2D eigenvalue weighted by atomic mass is 10.1. The maximum absolute atomic E-state index is 12.5. The van der Waals surface area contributed by atoms with Gasteiger partial charge in [-0.05, 0) is 51.0 Å². The van der Waals surface area contributed by atoms with Crippen molar-refractivity contribution in [2.45, 2.75) is 45.8 Å². The second-order valence-corrected chi connectivity index (χ2v) is 7.49. The summed E-state index contributed by atoms with van der Waals surface area (Å²) in [6, 6.07) is 11.3. The third-order valence-electron chi connectivity index (χ3n) is 4.37. The van der Waals surface area contributed by atoms with E-state index in [4.69, 9.17) is 9.47 Å². The molecule has 0 spiro atoms. The summed E-state index contributed by atoms with van der Waals surface area (Å²) < 4.78 is 11.6. The topological polar surface area (TPSA) is 63.7 Å². The average molecular weight is 369 g/mol. The summed E-state index contributed by atoms with van der Waals surface area (Å²) in [5, 5.41) is 2.89. The molecule has 6 heteroatoms. The van der Waals surface area contributed by atoms with Crippen molar-refractivity contribution in [2.75, 3.05) is 18.4 Å². The lowest BCUT2D eigenvalue weighted by Gasteiger charge is -2.41. The Morgan fingerprint density at radius 2 is 2.19 bits per heavy atom. The molecular weight excluding hydrogens is 342 g/mol. The van der Waals surface area contributed by atoms with Crippen molar-refractivity contribution in [2.24, 2.45) is 0 Å². The molecule has 2 amide bonds. The molecule has 144 valence electrons. The third kappa shape index (κ3) is 5.20. The van der Waals surface area contributed by atoms with Gasteiger partial charge in [-0.15, -0.1) is 0 Å². The number of carbonyl (C=O) groups is 1. The highest BCUT2D eigenvalue weighted by Crippen LogP contribution is 2.23. The minimum absolute atomic E-state index is 0.00675. The second-order valence-electron chi connectivity index (χ2n) is 7.49. The molecule has 1 aliphatic heterocycles. The Kier molecular flexibility index (Phi) is 5.65. The summed E-state index contributed by atoms with van der Waals surface area (Å²) >= 11 is 0. The molecular formula is C21H27N3O3. The zero-order valence-corrected chi connectivity index (χ0v) is 16.4. The number of amides is 2. The molecule has 1 aromatic carbocycles. The number of morpholine rings is 1. The van der Waals surface area contributed by atoms with Crippen molar-refractivity contribution in [1.82, 2.24) is 9.88 Å². The molecule has 1 N–H and O–H groups in total. The highest BCUT2D eigenvalue weighted by molar-refractivity contribution is 5.89. The lowest BCUT2D eigenvalue weighted by molar-refractivity contribution is -0.116. The van der Waals surface area contributed by atoms with Gasteiger partial charge in [0.2, 0.25) is 5.88 Å². The van der Waals surface area contributed by atoms with Crippen LogP contribution in [0.1, 0.15) is 33.3 Å². The molecule has 1 aromatic heterocycles. The molecule has 0 unspecified atom stereocenters. The Hall–Kier alpha value is -2.60. The van der Waals surface area contributed by atoms with Gasteiger partial charge in [-0.2, -0.15) is 0 Å². The van der Waals surface area contributed by atoms with E-state index in [1.807, 2.05) is 39.0 Å². The first kappa shape index (κ1) is 19.2. The van der Waals surface area contributed by atoms with Crippen LogP contribution in [0, 0.1) is 0 Å². The number of aromatic nitrogens is 1. The van der Waals surface area contributed by atoms with Crippen LogP contribution in [0.2, 0.25) is 0 Å². The van der Waals surface area contributed by atoms with Gasteiger partial charge in [0.15, 0.2) is 0 Å². The molecule has 1 fully saturated rings. The number of ether oxygens (including phenoxy) is 2. The van der Waals surface area contributed by atoms with Crippen LogP contribution in [-0.2, 0) is 11.2 Å². The van der Waals surface area contributed by atoms with Crippen LogP contribution in [0.4, 0.5) is 10.5 Å². The quantitative estimate of drug-likeness (QED) is 0.864. The van der Waals surface area contributed by atoms with E-state index in [0.29, 0.717) is 24.7 Å². The number of hydrogen-bond donors (Lipinski definition) is 1. The Morgan fingerprint density at radius 1 is 1.37 bits per heavy atom. The van der Waals surface area contributed by atoms with E-state index in [1.54, 1.807) is 23.2 Å². The smallest absolute Gasteiger partial charge is 0.322 e. The number of urea groups is 1. The molecule has 1 atom stereocenters. The van der Waals surface area contributed by atoms with E-state index in [-0.39, 0.29) is 17.7 Å². The van der Waals surface area contributed by atoms with E-state index in [1.165, 1.54) is 5.56 Å². The lowest BCUT2D eigenvalue weighted by Crippen LogP contribution is -2.54. The predicted octanol–water partition coefficient (Wildman–Crippen LogP) is 4.47. The molecule has 1 aliphatic rings. The number of hydrogen-bond acceptors (Lipinski definition) is 4. The van der Waals surface area contributed by atoms with Crippen LogP contribution < -0.4 is 10.1 Å². The van der Waals surface area contributed by atoms with Crippen LogP contribution >= 0.6 is 0 Å². The zero-order chi connectivity index (χ0) is 19.4. The summed E-state index contributed by atoms with van der Waals surface area (Å²) in [4.78, 5) is 18.6.